The number of fused-ring (bicyclic) bond motifs is 5. The van der Waals surface area contributed by atoms with Crippen molar-refractivity contribution in [3.8, 4) is 16.8 Å². The Labute approximate surface area is 301 Å². The second kappa shape index (κ2) is 11.3. The van der Waals surface area contributed by atoms with Crippen molar-refractivity contribution in [1.29, 1.82) is 0 Å². The molecule has 2 nitrogen and oxygen atoms in total. The second-order valence-electron chi connectivity index (χ2n) is 13.8. The van der Waals surface area contributed by atoms with Gasteiger partial charge in [0.2, 0.25) is 0 Å². The molecule has 0 saturated heterocycles. The van der Waals surface area contributed by atoms with Crippen molar-refractivity contribution in [3.63, 3.8) is 0 Å². The molecule has 242 valence electrons. The van der Waals surface area contributed by atoms with Gasteiger partial charge < -0.3 is 9.47 Å². The summed E-state index contributed by atoms with van der Waals surface area (Å²) < 4.78 is 2.44. The van der Waals surface area contributed by atoms with E-state index in [9.17, 15) is 0 Å². The topological polar surface area (TPSA) is 8.17 Å². The van der Waals surface area contributed by atoms with Crippen LogP contribution in [0.25, 0.3) is 81.7 Å². The van der Waals surface area contributed by atoms with E-state index in [1.165, 1.54) is 81.7 Å². The Bertz CT molecular complexity index is 3090. The van der Waals surface area contributed by atoms with Gasteiger partial charge in [0.1, 0.15) is 0 Å². The second-order valence-corrected chi connectivity index (χ2v) is 13.8. The molecule has 0 atom stereocenters. The van der Waals surface area contributed by atoms with Gasteiger partial charge in [-0.05, 0) is 121 Å². The number of hydrogen-bond acceptors (Lipinski definition) is 1. The highest BCUT2D eigenvalue weighted by molar-refractivity contribution is 6.33. The molecule has 0 radical (unpaired) electrons. The number of anilines is 3. The van der Waals surface area contributed by atoms with Crippen LogP contribution in [-0.2, 0) is 0 Å². The maximum Gasteiger partial charge on any atom is 0.0553 e. The Morgan fingerprint density at radius 3 is 1.73 bits per heavy atom. The maximum atomic E-state index is 2.44. The summed E-state index contributed by atoms with van der Waals surface area (Å²) in [5.74, 6) is 0. The van der Waals surface area contributed by atoms with E-state index in [4.69, 9.17) is 0 Å². The zero-order chi connectivity index (χ0) is 34.2. The summed E-state index contributed by atoms with van der Waals surface area (Å²) in [7, 11) is 0. The van der Waals surface area contributed by atoms with E-state index >= 15 is 0 Å². The molecule has 2 heteroatoms. The van der Waals surface area contributed by atoms with Crippen LogP contribution in [0.1, 0.15) is 0 Å². The smallest absolute Gasteiger partial charge is 0.0553 e. The van der Waals surface area contributed by atoms with E-state index in [0.717, 1.165) is 17.1 Å². The van der Waals surface area contributed by atoms with Crippen LogP contribution in [0.4, 0.5) is 17.1 Å². The minimum Gasteiger partial charge on any atom is -0.310 e. The van der Waals surface area contributed by atoms with E-state index in [1.807, 2.05) is 0 Å². The predicted molar refractivity (Wildman–Crippen MR) is 222 cm³/mol. The summed E-state index contributed by atoms with van der Waals surface area (Å²) in [6, 6.07) is 70.9. The standard InChI is InChI=1S/C50H32N2/c1-3-14-40(15-4-1)51(43-27-22-33-10-7-8-11-37(33)30-43)42-25-20-34(21-26-42)38-24-29-46-45(31-38)50-44-28-23-36-13-9-12-35-18-19-39(49(44)48(35)36)32-47(50)52(46)41-16-5-2-6-17-41/h1-32H. The summed E-state index contributed by atoms with van der Waals surface area (Å²) in [5.41, 5.74) is 9.39. The molecule has 0 saturated carbocycles. The molecule has 11 aromatic rings. The lowest BCUT2D eigenvalue weighted by atomic mass is 9.91. The summed E-state index contributed by atoms with van der Waals surface area (Å²) in [6.45, 7) is 0. The van der Waals surface area contributed by atoms with Gasteiger partial charge in [0.15, 0.2) is 0 Å². The van der Waals surface area contributed by atoms with Crippen LogP contribution in [0.2, 0.25) is 0 Å². The molecule has 11 rings (SSSR count). The molecular formula is C50H32N2. The summed E-state index contributed by atoms with van der Waals surface area (Å²) in [4.78, 5) is 2.34. The van der Waals surface area contributed by atoms with Gasteiger partial charge in [0.25, 0.3) is 0 Å². The molecule has 0 N–H and O–H groups in total. The lowest BCUT2D eigenvalue weighted by molar-refractivity contribution is 1.18. The van der Waals surface area contributed by atoms with E-state index in [1.54, 1.807) is 0 Å². The molecule has 0 fully saturated rings. The molecule has 1 heterocycles. The molecule has 1 aromatic heterocycles. The van der Waals surface area contributed by atoms with Crippen molar-refractivity contribution in [1.82, 2.24) is 4.57 Å². The highest BCUT2D eigenvalue weighted by Gasteiger charge is 2.20. The Kier molecular flexibility index (Phi) is 6.28. The van der Waals surface area contributed by atoms with Gasteiger partial charge >= 0.3 is 0 Å². The van der Waals surface area contributed by atoms with Crippen molar-refractivity contribution in [2.24, 2.45) is 0 Å². The normalized spacial score (nSPS) is 11.8. The first-order chi connectivity index (χ1) is 25.8. The first-order valence-corrected chi connectivity index (χ1v) is 17.9. The Hall–Kier alpha value is -6.90. The molecule has 0 aliphatic heterocycles. The molecular weight excluding hydrogens is 629 g/mol. The Morgan fingerprint density at radius 1 is 0.308 bits per heavy atom. The average Bonchev–Trinajstić information content (AvgIpc) is 3.54. The lowest BCUT2D eigenvalue weighted by Crippen LogP contribution is -2.09. The Morgan fingerprint density at radius 2 is 0.923 bits per heavy atom. The number of nitrogens with zero attached hydrogens (tertiary/aromatic N) is 2. The van der Waals surface area contributed by atoms with Crippen LogP contribution in [0.15, 0.2) is 194 Å². The van der Waals surface area contributed by atoms with E-state index < -0.39 is 0 Å². The van der Waals surface area contributed by atoms with Crippen LogP contribution in [0, 0.1) is 0 Å². The average molecular weight is 661 g/mol. The number of benzene rings is 10. The SMILES string of the molecule is c1ccc(N(c2ccc(-c3ccc4c(c3)c3c5ccc6cccc7ccc(cc3n4-c3ccccc3)c5c76)cc2)c2ccc3ccccc3c2)cc1. The van der Waals surface area contributed by atoms with Crippen LogP contribution in [-0.4, -0.2) is 4.57 Å². The van der Waals surface area contributed by atoms with Crippen molar-refractivity contribution < 1.29 is 0 Å². The third-order valence-electron chi connectivity index (χ3n) is 10.9. The first-order valence-electron chi connectivity index (χ1n) is 17.9. The quantitative estimate of drug-likeness (QED) is 0.167. The molecule has 0 amide bonds. The fraction of sp³-hybridized carbons (Fsp3) is 0. The minimum absolute atomic E-state index is 1.12. The van der Waals surface area contributed by atoms with Gasteiger partial charge in [-0.1, -0.05) is 127 Å². The number of hydrogen-bond donors (Lipinski definition) is 0. The van der Waals surface area contributed by atoms with Crippen molar-refractivity contribution in [2.75, 3.05) is 4.90 Å². The van der Waals surface area contributed by atoms with Crippen molar-refractivity contribution in [3.05, 3.63) is 194 Å². The summed E-state index contributed by atoms with van der Waals surface area (Å²) in [6.07, 6.45) is 0. The summed E-state index contributed by atoms with van der Waals surface area (Å²) >= 11 is 0. The van der Waals surface area contributed by atoms with Gasteiger partial charge in [0.05, 0.1) is 11.0 Å². The van der Waals surface area contributed by atoms with Gasteiger partial charge in [-0.25, -0.2) is 0 Å². The monoisotopic (exact) mass is 660 g/mol. The summed E-state index contributed by atoms with van der Waals surface area (Å²) in [5, 5.41) is 12.9. The van der Waals surface area contributed by atoms with Crippen LogP contribution >= 0.6 is 0 Å². The molecule has 10 aromatic carbocycles. The predicted octanol–water partition coefficient (Wildman–Crippen LogP) is 14.0. The van der Waals surface area contributed by atoms with E-state index in [-0.39, 0.29) is 0 Å². The molecule has 0 unspecified atom stereocenters. The highest BCUT2D eigenvalue weighted by Crippen LogP contribution is 2.44. The van der Waals surface area contributed by atoms with Gasteiger partial charge in [-0.3, -0.25) is 0 Å². The van der Waals surface area contributed by atoms with Crippen LogP contribution in [0.3, 0.4) is 0 Å². The number of rotatable bonds is 5. The molecule has 0 bridgehead atoms. The number of para-hydroxylation sites is 2. The number of aromatic nitrogens is 1. The zero-order valence-corrected chi connectivity index (χ0v) is 28.4. The third-order valence-corrected chi connectivity index (χ3v) is 10.9. The third kappa shape index (κ3) is 4.38. The largest absolute Gasteiger partial charge is 0.310 e. The van der Waals surface area contributed by atoms with Crippen molar-refractivity contribution >= 4 is 82.0 Å². The van der Waals surface area contributed by atoms with Gasteiger partial charge in [-0.15, -0.1) is 0 Å². The van der Waals surface area contributed by atoms with E-state index in [0.29, 0.717) is 0 Å². The van der Waals surface area contributed by atoms with Crippen LogP contribution in [0.5, 0.6) is 0 Å². The molecule has 0 spiro atoms. The van der Waals surface area contributed by atoms with Crippen LogP contribution < -0.4 is 4.90 Å². The first kappa shape index (κ1) is 28.9. The van der Waals surface area contributed by atoms with E-state index in [2.05, 4.69) is 204 Å². The highest BCUT2D eigenvalue weighted by atomic mass is 15.1. The molecule has 52 heavy (non-hydrogen) atoms. The lowest BCUT2D eigenvalue weighted by Gasteiger charge is -2.26. The molecule has 0 aliphatic carbocycles. The van der Waals surface area contributed by atoms with Gasteiger partial charge in [-0.2, -0.15) is 0 Å². The van der Waals surface area contributed by atoms with Gasteiger partial charge in [0, 0.05) is 33.5 Å². The minimum atomic E-state index is 1.12. The Balaban J connectivity index is 1.10. The zero-order valence-electron chi connectivity index (χ0n) is 28.4. The molecule has 0 aliphatic rings. The van der Waals surface area contributed by atoms with Crippen molar-refractivity contribution in [2.45, 2.75) is 0 Å². The fourth-order valence-corrected chi connectivity index (χ4v) is 8.49. The maximum absolute atomic E-state index is 2.44. The fourth-order valence-electron chi connectivity index (χ4n) is 8.49.